The zero-order valence-electron chi connectivity index (χ0n) is 18.7. The van der Waals surface area contributed by atoms with Gasteiger partial charge in [-0.05, 0) is 55.9 Å². The minimum Gasteiger partial charge on any atom is -0.507 e. The fraction of sp³-hybridized carbons (Fsp3) is 0.375. The minimum absolute atomic E-state index is 0.214. The van der Waals surface area contributed by atoms with Crippen molar-refractivity contribution in [1.82, 2.24) is 5.32 Å². The van der Waals surface area contributed by atoms with Gasteiger partial charge < -0.3 is 14.6 Å². The molecule has 0 fully saturated rings. The van der Waals surface area contributed by atoms with Gasteiger partial charge in [0.15, 0.2) is 5.78 Å². The monoisotopic (exact) mass is 459 g/mol. The van der Waals surface area contributed by atoms with Gasteiger partial charge in [-0.25, -0.2) is 9.59 Å². The molecule has 0 aliphatic heterocycles. The predicted molar refractivity (Wildman–Crippen MR) is 125 cm³/mol. The molecule has 0 radical (unpaired) electrons. The second-order valence-electron chi connectivity index (χ2n) is 8.09. The van der Waals surface area contributed by atoms with Gasteiger partial charge in [-0.3, -0.25) is 10.1 Å². The summed E-state index contributed by atoms with van der Waals surface area (Å²) in [6.45, 7) is 7.71. The lowest BCUT2D eigenvalue weighted by molar-refractivity contribution is 0.102. The van der Waals surface area contributed by atoms with Crippen LogP contribution in [0, 0.1) is 5.92 Å². The normalized spacial score (nSPS) is 13.0. The molecule has 7 nitrogen and oxygen atoms in total. The average Bonchev–Trinajstić information content (AvgIpc) is 3.12. The van der Waals surface area contributed by atoms with Crippen LogP contribution in [0.5, 0.6) is 5.75 Å². The number of carboxylic acid groups (broad SMARTS) is 1. The third-order valence-corrected chi connectivity index (χ3v) is 5.82. The van der Waals surface area contributed by atoms with Gasteiger partial charge in [-0.15, -0.1) is 11.3 Å². The molecule has 0 aliphatic rings. The standard InChI is InChI=1S/C24H29NO6S/c1-14(2)11-17-8-9-18(32-17)12-16(4)22(27)21-19(26)13-20(31-23(21)28)15(3)7-5-6-10-25-24(29)30/h6,8-10,12-15,25-26H,5,7,11H2,1-4H3,(H,29,30)/b10-6+,16-12+. The van der Waals surface area contributed by atoms with Crippen molar-refractivity contribution in [2.45, 2.75) is 52.9 Å². The van der Waals surface area contributed by atoms with Crippen molar-refractivity contribution in [3.8, 4) is 5.75 Å². The van der Waals surface area contributed by atoms with E-state index in [1.165, 1.54) is 17.1 Å². The Morgan fingerprint density at radius 3 is 2.59 bits per heavy atom. The van der Waals surface area contributed by atoms with E-state index in [4.69, 9.17) is 9.52 Å². The molecule has 3 N–H and O–H groups in total. The predicted octanol–water partition coefficient (Wildman–Crippen LogP) is 5.56. The first-order valence-electron chi connectivity index (χ1n) is 10.4. The zero-order valence-corrected chi connectivity index (χ0v) is 19.5. The Labute approximate surface area is 191 Å². The van der Waals surface area contributed by atoms with Crippen molar-refractivity contribution < 1.29 is 24.2 Å². The van der Waals surface area contributed by atoms with Gasteiger partial charge in [0, 0.05) is 27.9 Å². The van der Waals surface area contributed by atoms with E-state index in [0.29, 0.717) is 24.3 Å². The van der Waals surface area contributed by atoms with E-state index in [-0.39, 0.29) is 17.2 Å². The van der Waals surface area contributed by atoms with Gasteiger partial charge in [0.1, 0.15) is 17.1 Å². The molecule has 8 heteroatoms. The van der Waals surface area contributed by atoms with Gasteiger partial charge in [0.05, 0.1) is 0 Å². The number of amides is 1. The second kappa shape index (κ2) is 11.5. The number of rotatable bonds is 10. The van der Waals surface area contributed by atoms with Crippen LogP contribution in [-0.2, 0) is 6.42 Å². The van der Waals surface area contributed by atoms with Gasteiger partial charge in [-0.1, -0.05) is 26.8 Å². The first-order valence-corrected chi connectivity index (χ1v) is 11.2. The number of hydrogen-bond acceptors (Lipinski definition) is 6. The van der Waals surface area contributed by atoms with Crippen molar-refractivity contribution >= 4 is 29.3 Å². The first-order chi connectivity index (χ1) is 15.1. The Morgan fingerprint density at radius 2 is 1.97 bits per heavy atom. The summed E-state index contributed by atoms with van der Waals surface area (Å²) >= 11 is 1.59. The number of ketones is 1. The second-order valence-corrected chi connectivity index (χ2v) is 9.29. The molecule has 32 heavy (non-hydrogen) atoms. The fourth-order valence-corrected chi connectivity index (χ4v) is 4.34. The summed E-state index contributed by atoms with van der Waals surface area (Å²) in [6, 6.07) is 5.27. The molecule has 0 bridgehead atoms. The summed E-state index contributed by atoms with van der Waals surface area (Å²) in [5.74, 6) is -0.392. The van der Waals surface area contributed by atoms with Crippen LogP contribution in [-0.4, -0.2) is 22.1 Å². The molecular weight excluding hydrogens is 430 g/mol. The number of nitrogens with one attached hydrogen (secondary N) is 1. The summed E-state index contributed by atoms with van der Waals surface area (Å²) in [5.41, 5.74) is -0.916. The molecule has 172 valence electrons. The van der Waals surface area contributed by atoms with E-state index < -0.39 is 23.3 Å². The van der Waals surface area contributed by atoms with E-state index in [1.54, 1.807) is 30.4 Å². The smallest absolute Gasteiger partial charge is 0.408 e. The van der Waals surface area contributed by atoms with Crippen LogP contribution in [0.1, 0.15) is 72.3 Å². The van der Waals surface area contributed by atoms with E-state index in [2.05, 4.69) is 19.2 Å². The van der Waals surface area contributed by atoms with Gasteiger partial charge in [-0.2, -0.15) is 0 Å². The average molecular weight is 460 g/mol. The zero-order chi connectivity index (χ0) is 23.8. The van der Waals surface area contributed by atoms with Crippen LogP contribution >= 0.6 is 11.3 Å². The lowest BCUT2D eigenvalue weighted by atomic mass is 10.00. The highest BCUT2D eigenvalue weighted by Crippen LogP contribution is 2.27. The van der Waals surface area contributed by atoms with Crippen LogP contribution in [0.4, 0.5) is 4.79 Å². The Hall–Kier alpha value is -3.13. The lowest BCUT2D eigenvalue weighted by Crippen LogP contribution is -2.16. The molecule has 0 aromatic carbocycles. The van der Waals surface area contributed by atoms with Crippen molar-refractivity contribution in [2.24, 2.45) is 5.92 Å². The quantitative estimate of drug-likeness (QED) is 0.316. The summed E-state index contributed by atoms with van der Waals surface area (Å²) < 4.78 is 5.32. The Balaban J connectivity index is 2.13. The van der Waals surface area contributed by atoms with Gasteiger partial charge >= 0.3 is 11.7 Å². The summed E-state index contributed by atoms with van der Waals surface area (Å²) in [6.07, 6.45) is 5.58. The summed E-state index contributed by atoms with van der Waals surface area (Å²) in [4.78, 5) is 37.8. The van der Waals surface area contributed by atoms with Crippen LogP contribution in [0.3, 0.4) is 0 Å². The molecular formula is C24H29NO6S. The third kappa shape index (κ3) is 7.23. The Bertz CT molecular complexity index is 1080. The molecule has 1 atom stereocenters. The molecule has 1 amide bonds. The van der Waals surface area contributed by atoms with E-state index in [1.807, 2.05) is 19.1 Å². The molecule has 2 aromatic heterocycles. The van der Waals surface area contributed by atoms with Gasteiger partial charge in [0.25, 0.3) is 0 Å². The molecule has 2 heterocycles. The fourth-order valence-electron chi connectivity index (χ4n) is 3.11. The maximum Gasteiger partial charge on any atom is 0.408 e. The maximum absolute atomic E-state index is 12.8. The van der Waals surface area contributed by atoms with Crippen LogP contribution in [0.15, 0.2) is 45.3 Å². The van der Waals surface area contributed by atoms with Crippen LogP contribution in [0.2, 0.25) is 0 Å². The largest absolute Gasteiger partial charge is 0.507 e. The number of Topliss-reactive ketones (excluding diaryl/α,β-unsaturated/α-hetero) is 1. The van der Waals surface area contributed by atoms with Crippen molar-refractivity contribution in [2.75, 3.05) is 0 Å². The Morgan fingerprint density at radius 1 is 1.25 bits per heavy atom. The van der Waals surface area contributed by atoms with Crippen LogP contribution in [0.25, 0.3) is 6.08 Å². The first kappa shape index (κ1) is 25.1. The summed E-state index contributed by atoms with van der Waals surface area (Å²) in [7, 11) is 0. The van der Waals surface area contributed by atoms with Crippen molar-refractivity contribution in [3.05, 3.63) is 67.5 Å². The highest BCUT2D eigenvalue weighted by Gasteiger charge is 2.22. The van der Waals surface area contributed by atoms with E-state index in [9.17, 15) is 19.5 Å². The highest BCUT2D eigenvalue weighted by molar-refractivity contribution is 7.12. The summed E-state index contributed by atoms with van der Waals surface area (Å²) in [5, 5.41) is 21.0. The number of carbonyl (C=O) groups is 2. The van der Waals surface area contributed by atoms with Crippen LogP contribution < -0.4 is 10.9 Å². The molecule has 0 aliphatic carbocycles. The number of allylic oxidation sites excluding steroid dienone is 2. The maximum atomic E-state index is 12.8. The van der Waals surface area contributed by atoms with Crippen molar-refractivity contribution in [3.63, 3.8) is 0 Å². The third-order valence-electron chi connectivity index (χ3n) is 4.76. The van der Waals surface area contributed by atoms with Gasteiger partial charge in [0.2, 0.25) is 0 Å². The number of thiophene rings is 1. The molecule has 0 saturated carbocycles. The van der Waals surface area contributed by atoms with E-state index >= 15 is 0 Å². The minimum atomic E-state index is -1.15. The van der Waals surface area contributed by atoms with Crippen molar-refractivity contribution in [1.29, 1.82) is 0 Å². The number of aromatic hydroxyl groups is 1. The topological polar surface area (TPSA) is 117 Å². The highest BCUT2D eigenvalue weighted by atomic mass is 32.1. The molecule has 2 rings (SSSR count). The van der Waals surface area contributed by atoms with E-state index in [0.717, 1.165) is 11.3 Å². The molecule has 2 aromatic rings. The lowest BCUT2D eigenvalue weighted by Gasteiger charge is -2.11. The molecule has 0 spiro atoms. The number of hydrogen-bond donors (Lipinski definition) is 3. The Kier molecular flexibility index (Phi) is 9.02. The molecule has 1 unspecified atom stereocenters. The molecule has 0 saturated heterocycles. The SMILES string of the molecule is C/C(=C\c1ccc(CC(C)C)s1)C(=O)c1c(O)cc(C(C)CC/C=C/NC(=O)O)oc1=O. The number of carbonyl (C=O) groups excluding carboxylic acids is 1.